The largest absolute Gasteiger partial charge is 0.393 e. The van der Waals surface area contributed by atoms with Crippen molar-refractivity contribution < 1.29 is 10.2 Å². The van der Waals surface area contributed by atoms with Gasteiger partial charge in [0.25, 0.3) is 0 Å². The van der Waals surface area contributed by atoms with Crippen molar-refractivity contribution in [2.45, 2.75) is 110 Å². The van der Waals surface area contributed by atoms with Gasteiger partial charge in [0.15, 0.2) is 0 Å². The number of aliphatic hydroxyl groups is 2. The standard InChI is InChI=1S/C25H44O2/c1-16(11-13-24(2,3)27)22-9-10-23-21-7-5-17-15-18(26)6-8-19(17)20(21)12-14-25(22,23)4/h16-23,26-27H,5-15H2,1-4H3/t16-,17+,18?,19+,20?,21?,22-,23?,25-/m1/s1. The van der Waals surface area contributed by atoms with Crippen molar-refractivity contribution >= 4 is 0 Å². The number of hydrogen-bond acceptors (Lipinski definition) is 2. The summed E-state index contributed by atoms with van der Waals surface area (Å²) in [5.41, 5.74) is 0.0238. The highest BCUT2D eigenvalue weighted by Gasteiger charge is 2.57. The second-order valence-corrected chi connectivity index (χ2v) is 12.0. The Morgan fingerprint density at radius 1 is 0.963 bits per heavy atom. The van der Waals surface area contributed by atoms with Crippen LogP contribution in [0.3, 0.4) is 0 Å². The molecule has 4 aliphatic carbocycles. The molecule has 2 heteroatoms. The van der Waals surface area contributed by atoms with E-state index in [1.54, 1.807) is 0 Å². The van der Waals surface area contributed by atoms with Crippen LogP contribution in [0.15, 0.2) is 0 Å². The van der Waals surface area contributed by atoms with E-state index in [2.05, 4.69) is 13.8 Å². The SMILES string of the molecule is C[C@H](CCC(C)(C)O)[C@H]1CCC2C3CC[C@H]4CC(O)CC[C@@H]4C3CC[C@@]21C. The highest BCUT2D eigenvalue weighted by Crippen LogP contribution is 2.65. The molecule has 4 saturated carbocycles. The molecule has 0 saturated heterocycles. The molecule has 0 radical (unpaired) electrons. The van der Waals surface area contributed by atoms with Crippen molar-refractivity contribution in [2.75, 3.05) is 0 Å². The molecule has 2 nitrogen and oxygen atoms in total. The van der Waals surface area contributed by atoms with Gasteiger partial charge in [-0.3, -0.25) is 0 Å². The summed E-state index contributed by atoms with van der Waals surface area (Å²) in [6, 6.07) is 0. The fourth-order valence-corrected chi connectivity index (χ4v) is 8.59. The third-order valence-corrected chi connectivity index (χ3v) is 9.90. The maximum atomic E-state index is 10.2. The molecular weight excluding hydrogens is 332 g/mol. The Morgan fingerprint density at radius 2 is 1.70 bits per heavy atom. The van der Waals surface area contributed by atoms with Crippen molar-refractivity contribution in [2.24, 2.45) is 46.8 Å². The fourth-order valence-electron chi connectivity index (χ4n) is 8.59. The molecule has 0 amide bonds. The summed E-state index contributed by atoms with van der Waals surface area (Å²) in [6.07, 6.45) is 14.1. The molecule has 0 aromatic carbocycles. The van der Waals surface area contributed by atoms with Crippen LogP contribution in [0.5, 0.6) is 0 Å². The van der Waals surface area contributed by atoms with Crippen molar-refractivity contribution in [3.8, 4) is 0 Å². The smallest absolute Gasteiger partial charge is 0.0591 e. The van der Waals surface area contributed by atoms with Gasteiger partial charge in [-0.1, -0.05) is 13.8 Å². The van der Waals surface area contributed by atoms with Crippen molar-refractivity contribution in [3.05, 3.63) is 0 Å². The second kappa shape index (κ2) is 7.31. The maximum Gasteiger partial charge on any atom is 0.0591 e. The van der Waals surface area contributed by atoms with Gasteiger partial charge in [-0.15, -0.1) is 0 Å². The summed E-state index contributed by atoms with van der Waals surface area (Å²) >= 11 is 0. The zero-order valence-electron chi connectivity index (χ0n) is 18.3. The van der Waals surface area contributed by atoms with E-state index < -0.39 is 5.60 Å². The van der Waals surface area contributed by atoms with Gasteiger partial charge in [0.2, 0.25) is 0 Å². The average molecular weight is 377 g/mol. The number of aliphatic hydroxyl groups excluding tert-OH is 1. The Kier molecular flexibility index (Phi) is 5.47. The molecular formula is C25H44O2. The van der Waals surface area contributed by atoms with E-state index in [0.29, 0.717) is 5.41 Å². The van der Waals surface area contributed by atoms with Crippen LogP contribution in [0.2, 0.25) is 0 Å². The molecule has 0 bridgehead atoms. The molecule has 9 atom stereocenters. The first-order chi connectivity index (χ1) is 12.7. The Balaban J connectivity index is 1.45. The van der Waals surface area contributed by atoms with Crippen LogP contribution in [-0.4, -0.2) is 21.9 Å². The van der Waals surface area contributed by atoms with Crippen molar-refractivity contribution in [1.29, 1.82) is 0 Å². The van der Waals surface area contributed by atoms with E-state index >= 15 is 0 Å². The van der Waals surface area contributed by atoms with Crippen LogP contribution >= 0.6 is 0 Å². The Labute approximate surface area is 167 Å². The third-order valence-electron chi connectivity index (χ3n) is 9.90. The molecule has 0 aromatic rings. The van der Waals surface area contributed by atoms with E-state index in [9.17, 15) is 10.2 Å². The average Bonchev–Trinajstić information content (AvgIpc) is 2.96. The lowest BCUT2D eigenvalue weighted by atomic mass is 9.49. The van der Waals surface area contributed by atoms with Gasteiger partial charge in [0, 0.05) is 0 Å². The topological polar surface area (TPSA) is 40.5 Å². The minimum Gasteiger partial charge on any atom is -0.393 e. The maximum absolute atomic E-state index is 10.2. The monoisotopic (exact) mass is 376 g/mol. The molecule has 4 unspecified atom stereocenters. The van der Waals surface area contributed by atoms with Crippen LogP contribution in [0.1, 0.15) is 98.3 Å². The van der Waals surface area contributed by atoms with Gasteiger partial charge in [-0.25, -0.2) is 0 Å². The van der Waals surface area contributed by atoms with Gasteiger partial charge in [0.05, 0.1) is 11.7 Å². The molecule has 156 valence electrons. The first-order valence-corrected chi connectivity index (χ1v) is 12.1. The molecule has 4 aliphatic rings. The number of hydrogen-bond donors (Lipinski definition) is 2. The summed E-state index contributed by atoms with van der Waals surface area (Å²) in [5.74, 6) is 6.21. The summed E-state index contributed by atoms with van der Waals surface area (Å²) in [4.78, 5) is 0. The minimum atomic E-state index is -0.519. The predicted molar refractivity (Wildman–Crippen MR) is 111 cm³/mol. The van der Waals surface area contributed by atoms with Crippen LogP contribution in [0, 0.1) is 46.8 Å². The second-order valence-electron chi connectivity index (χ2n) is 12.0. The van der Waals surface area contributed by atoms with Crippen LogP contribution < -0.4 is 0 Å². The highest BCUT2D eigenvalue weighted by atomic mass is 16.3. The summed E-state index contributed by atoms with van der Waals surface area (Å²) in [6.45, 7) is 9.03. The summed E-state index contributed by atoms with van der Waals surface area (Å²) in [7, 11) is 0. The lowest BCUT2D eigenvalue weighted by molar-refractivity contribution is -0.0828. The van der Waals surface area contributed by atoms with Gasteiger partial charge in [-0.05, 0) is 131 Å². The predicted octanol–water partition coefficient (Wildman–Crippen LogP) is 5.80. The van der Waals surface area contributed by atoms with Crippen LogP contribution in [-0.2, 0) is 0 Å². The normalized spacial score (nSPS) is 48.4. The number of rotatable bonds is 4. The zero-order valence-corrected chi connectivity index (χ0v) is 18.3. The molecule has 4 rings (SSSR count). The Bertz CT molecular complexity index is 523. The molecule has 2 N–H and O–H groups in total. The molecule has 4 fully saturated rings. The van der Waals surface area contributed by atoms with Gasteiger partial charge in [-0.2, -0.15) is 0 Å². The zero-order chi connectivity index (χ0) is 19.4. The lowest BCUT2D eigenvalue weighted by Gasteiger charge is -2.56. The molecule has 0 aliphatic heterocycles. The number of fused-ring (bicyclic) bond motifs is 5. The van der Waals surface area contributed by atoms with Crippen molar-refractivity contribution in [3.63, 3.8) is 0 Å². The highest BCUT2D eigenvalue weighted by molar-refractivity contribution is 5.06. The first-order valence-electron chi connectivity index (χ1n) is 12.1. The van der Waals surface area contributed by atoms with Crippen LogP contribution in [0.4, 0.5) is 0 Å². The summed E-state index contributed by atoms with van der Waals surface area (Å²) in [5, 5.41) is 20.3. The van der Waals surface area contributed by atoms with Gasteiger partial charge in [0.1, 0.15) is 0 Å². The van der Waals surface area contributed by atoms with E-state index in [4.69, 9.17) is 0 Å². The molecule has 0 spiro atoms. The van der Waals surface area contributed by atoms with E-state index in [1.807, 2.05) is 13.8 Å². The third kappa shape index (κ3) is 3.75. The Morgan fingerprint density at radius 3 is 2.44 bits per heavy atom. The fraction of sp³-hybridized carbons (Fsp3) is 1.00. The van der Waals surface area contributed by atoms with E-state index in [1.165, 1.54) is 51.4 Å². The Hall–Kier alpha value is -0.0800. The lowest BCUT2D eigenvalue weighted by Crippen LogP contribution is -2.49. The van der Waals surface area contributed by atoms with E-state index in [-0.39, 0.29) is 6.10 Å². The summed E-state index contributed by atoms with van der Waals surface area (Å²) < 4.78 is 0. The van der Waals surface area contributed by atoms with Crippen molar-refractivity contribution in [1.82, 2.24) is 0 Å². The van der Waals surface area contributed by atoms with E-state index in [0.717, 1.165) is 60.7 Å². The molecule has 0 heterocycles. The first kappa shape index (κ1) is 20.2. The van der Waals surface area contributed by atoms with Crippen LogP contribution in [0.25, 0.3) is 0 Å². The minimum absolute atomic E-state index is 0.0101. The van der Waals surface area contributed by atoms with Gasteiger partial charge < -0.3 is 10.2 Å². The van der Waals surface area contributed by atoms with Gasteiger partial charge >= 0.3 is 0 Å². The quantitative estimate of drug-likeness (QED) is 0.650. The molecule has 0 aromatic heterocycles. The molecule has 27 heavy (non-hydrogen) atoms.